The SMILES string of the molecule is CC(=O)C=C(C)O.CC(=O)C=C(C)O.[Ir].[Ir].[c-]1cc2ccccc2cc1-c1ccc2ccccc2n1.[c-]1ccccc1-c1cc2ccccc2cn1. The molecule has 0 spiro atoms. The van der Waals surface area contributed by atoms with Gasteiger partial charge in [-0.25, -0.2) is 0 Å². The summed E-state index contributed by atoms with van der Waals surface area (Å²) < 4.78 is 0. The minimum absolute atomic E-state index is 0. The van der Waals surface area contributed by atoms with Gasteiger partial charge >= 0.3 is 0 Å². The maximum atomic E-state index is 10.0. The number of aromatic nitrogens is 2. The number of ketones is 2. The summed E-state index contributed by atoms with van der Waals surface area (Å²) in [5.74, 6) is -0.125. The number of aliphatic hydroxyl groups excluding tert-OH is 2. The molecule has 0 aliphatic rings. The molecule has 0 saturated heterocycles. The summed E-state index contributed by atoms with van der Waals surface area (Å²) in [6, 6.07) is 49.6. The van der Waals surface area contributed by atoms with E-state index in [1.54, 1.807) is 0 Å². The molecule has 2 radical (unpaired) electrons. The molecule has 0 saturated carbocycles. The van der Waals surface area contributed by atoms with Crippen LogP contribution in [-0.4, -0.2) is 31.7 Å². The van der Waals surface area contributed by atoms with E-state index in [1.165, 1.54) is 61.4 Å². The van der Waals surface area contributed by atoms with E-state index in [4.69, 9.17) is 15.2 Å². The molecule has 8 heteroatoms. The van der Waals surface area contributed by atoms with Crippen molar-refractivity contribution in [1.82, 2.24) is 9.97 Å². The van der Waals surface area contributed by atoms with Crippen molar-refractivity contribution in [2.45, 2.75) is 27.7 Å². The zero-order chi connectivity index (χ0) is 35.9. The molecule has 7 aromatic rings. The number of hydrogen-bond acceptors (Lipinski definition) is 6. The van der Waals surface area contributed by atoms with Crippen LogP contribution in [0, 0.1) is 12.1 Å². The van der Waals surface area contributed by atoms with E-state index in [2.05, 4.69) is 77.8 Å². The number of pyridine rings is 2. The molecule has 0 aliphatic carbocycles. The molecule has 2 heterocycles. The molecule has 2 aromatic heterocycles. The first kappa shape index (κ1) is 43.1. The summed E-state index contributed by atoms with van der Waals surface area (Å²) in [6.07, 6.45) is 4.24. The predicted molar refractivity (Wildman–Crippen MR) is 204 cm³/mol. The molecule has 0 fully saturated rings. The molecule has 0 unspecified atom stereocenters. The number of allylic oxidation sites excluding steroid dienone is 4. The van der Waals surface area contributed by atoms with E-state index in [-0.39, 0.29) is 63.3 Å². The van der Waals surface area contributed by atoms with Crippen LogP contribution in [0.25, 0.3) is 55.0 Å². The van der Waals surface area contributed by atoms with E-state index in [0.717, 1.165) is 33.4 Å². The van der Waals surface area contributed by atoms with Crippen LogP contribution < -0.4 is 0 Å². The molecule has 268 valence electrons. The van der Waals surface area contributed by atoms with Gasteiger partial charge in [0.1, 0.15) is 0 Å². The number of carbonyl (C=O) groups is 2. The van der Waals surface area contributed by atoms with E-state index in [1.807, 2.05) is 72.9 Å². The third-order valence-corrected chi connectivity index (χ3v) is 6.99. The Balaban J connectivity index is 0.000000262. The third kappa shape index (κ3) is 13.9. The predicted octanol–water partition coefficient (Wildman–Crippen LogP) is 10.6. The molecule has 0 bridgehead atoms. The van der Waals surface area contributed by atoms with Crippen LogP contribution in [0.2, 0.25) is 0 Å². The van der Waals surface area contributed by atoms with Crippen molar-refractivity contribution < 1.29 is 60.0 Å². The van der Waals surface area contributed by atoms with Crippen LogP contribution in [0.4, 0.5) is 0 Å². The Morgan fingerprint density at radius 3 is 1.65 bits per heavy atom. The second kappa shape index (κ2) is 22.0. The average Bonchev–Trinajstić information content (AvgIpc) is 3.11. The van der Waals surface area contributed by atoms with Crippen molar-refractivity contribution in [2.75, 3.05) is 0 Å². The van der Waals surface area contributed by atoms with Crippen LogP contribution in [0.3, 0.4) is 0 Å². The Labute approximate surface area is 331 Å². The van der Waals surface area contributed by atoms with Crippen molar-refractivity contribution in [3.63, 3.8) is 0 Å². The van der Waals surface area contributed by atoms with Gasteiger partial charge in [0.05, 0.1) is 17.0 Å². The molecular weight excluding hydrogens is 1000 g/mol. The third-order valence-electron chi connectivity index (χ3n) is 6.99. The van der Waals surface area contributed by atoms with Gasteiger partial charge in [0.25, 0.3) is 0 Å². The Bertz CT molecular complexity index is 2170. The van der Waals surface area contributed by atoms with E-state index < -0.39 is 0 Å². The van der Waals surface area contributed by atoms with Crippen molar-refractivity contribution in [3.05, 3.63) is 169 Å². The van der Waals surface area contributed by atoms with Gasteiger partial charge in [-0.1, -0.05) is 90.3 Å². The van der Waals surface area contributed by atoms with E-state index in [9.17, 15) is 9.59 Å². The topological polar surface area (TPSA) is 100 Å². The number of aliphatic hydroxyl groups is 2. The molecule has 7 rings (SSSR count). The zero-order valence-corrected chi connectivity index (χ0v) is 33.9. The minimum Gasteiger partial charge on any atom is -0.512 e. The Hall–Kier alpha value is -5.10. The summed E-state index contributed by atoms with van der Waals surface area (Å²) in [6.45, 7) is 5.70. The fourth-order valence-electron chi connectivity index (χ4n) is 4.86. The zero-order valence-electron chi connectivity index (χ0n) is 29.1. The molecule has 52 heavy (non-hydrogen) atoms. The minimum atomic E-state index is -0.125. The summed E-state index contributed by atoms with van der Waals surface area (Å²) in [5, 5.41) is 22.7. The maximum Gasteiger partial charge on any atom is 0.155 e. The molecule has 0 aliphatic heterocycles. The monoisotopic (exact) mass is 1040 g/mol. The second-order valence-corrected chi connectivity index (χ2v) is 11.4. The molecule has 6 nitrogen and oxygen atoms in total. The van der Waals surface area contributed by atoms with Crippen LogP contribution in [0.5, 0.6) is 0 Å². The summed E-state index contributed by atoms with van der Waals surface area (Å²) >= 11 is 0. The largest absolute Gasteiger partial charge is 0.512 e. The maximum absolute atomic E-state index is 10.0. The smallest absolute Gasteiger partial charge is 0.155 e. The molecule has 5 aromatic carbocycles. The van der Waals surface area contributed by atoms with Crippen LogP contribution in [-0.2, 0) is 49.8 Å². The van der Waals surface area contributed by atoms with E-state index >= 15 is 0 Å². The number of hydrogen-bond donors (Lipinski definition) is 2. The number of nitrogens with zero attached hydrogens (tertiary/aromatic N) is 2. The van der Waals surface area contributed by atoms with E-state index in [0.29, 0.717) is 0 Å². The van der Waals surface area contributed by atoms with Gasteiger partial charge in [0.15, 0.2) is 11.6 Å². The van der Waals surface area contributed by atoms with Gasteiger partial charge < -0.3 is 15.2 Å². The van der Waals surface area contributed by atoms with Crippen molar-refractivity contribution in [3.8, 4) is 22.5 Å². The second-order valence-electron chi connectivity index (χ2n) is 11.4. The number of benzene rings is 5. The van der Waals surface area contributed by atoms with Crippen LogP contribution in [0.1, 0.15) is 27.7 Å². The van der Waals surface area contributed by atoms with Gasteiger partial charge in [-0.2, -0.15) is 0 Å². The Kier molecular flexibility index (Phi) is 18.2. The van der Waals surface area contributed by atoms with Gasteiger partial charge in [0.2, 0.25) is 0 Å². The number of fused-ring (bicyclic) bond motifs is 3. The van der Waals surface area contributed by atoms with Gasteiger partial charge in [-0.15, -0.1) is 65.0 Å². The van der Waals surface area contributed by atoms with Crippen molar-refractivity contribution >= 4 is 44.0 Å². The van der Waals surface area contributed by atoms with Crippen molar-refractivity contribution in [2.24, 2.45) is 0 Å². The summed E-state index contributed by atoms with van der Waals surface area (Å²) in [4.78, 5) is 29.2. The Morgan fingerprint density at radius 1 is 0.558 bits per heavy atom. The first-order valence-corrected chi connectivity index (χ1v) is 15.9. The number of para-hydroxylation sites is 1. The fraction of sp³-hybridized carbons (Fsp3) is 0.0909. The molecule has 0 atom stereocenters. The number of rotatable bonds is 4. The van der Waals surface area contributed by atoms with Crippen molar-refractivity contribution in [1.29, 1.82) is 0 Å². The van der Waals surface area contributed by atoms with Crippen LogP contribution >= 0.6 is 0 Å². The standard InChI is InChI=1S/C19H12N.C15H10N.2C5H8O2.2Ir/c1-2-7-16-13-17(10-9-14(16)5-1)19-12-11-15-6-3-4-8-18(15)20-19;1-2-6-12(7-3-1)15-10-13-8-4-5-9-14(13)11-16-15;2*1-4(6)3-5(2)7;;/h1-9,11-13H;1-6,8-11H;2*3,6H,1-2H3;;/q2*-1;;;;. The first-order chi connectivity index (χ1) is 24.1. The molecule has 0 amide bonds. The van der Waals surface area contributed by atoms with Gasteiger partial charge in [-0.3, -0.25) is 14.6 Å². The van der Waals surface area contributed by atoms with Gasteiger partial charge in [0, 0.05) is 58.6 Å². The fourth-order valence-corrected chi connectivity index (χ4v) is 4.86. The van der Waals surface area contributed by atoms with Crippen LogP contribution in [0.15, 0.2) is 157 Å². The Morgan fingerprint density at radius 2 is 1.10 bits per heavy atom. The normalized spacial score (nSPS) is 10.5. The average molecular weight is 1040 g/mol. The molecule has 2 N–H and O–H groups in total. The molecular formula is C44H38Ir2N2O4-2. The first-order valence-electron chi connectivity index (χ1n) is 15.9. The quantitative estimate of drug-likeness (QED) is 0.104. The van der Waals surface area contributed by atoms with Gasteiger partial charge in [-0.05, 0) is 61.3 Å². The summed E-state index contributed by atoms with van der Waals surface area (Å²) in [7, 11) is 0. The summed E-state index contributed by atoms with van der Waals surface area (Å²) in [5.41, 5.74) is 5.03. The number of carbonyl (C=O) groups excluding carboxylic acids is 2.